The highest BCUT2D eigenvalue weighted by Crippen LogP contribution is 2.49. The second kappa shape index (κ2) is 5.19. The molecule has 2 unspecified atom stereocenters. The summed E-state index contributed by atoms with van der Waals surface area (Å²) in [5.74, 6) is 2.15. The molecule has 0 radical (unpaired) electrons. The fraction of sp³-hybridized carbons (Fsp3) is 0.800. The van der Waals surface area contributed by atoms with Crippen LogP contribution >= 0.6 is 0 Å². The van der Waals surface area contributed by atoms with Crippen LogP contribution in [0.5, 0.6) is 0 Å². The normalized spacial score (nSPS) is 28.1. The highest BCUT2D eigenvalue weighted by atomic mass is 16.5. The molecule has 110 valence electrons. The van der Waals surface area contributed by atoms with Crippen LogP contribution in [-0.2, 0) is 14.9 Å². The van der Waals surface area contributed by atoms with Crippen molar-refractivity contribution in [3.8, 4) is 0 Å². The predicted molar refractivity (Wildman–Crippen MR) is 72.2 cm³/mol. The van der Waals surface area contributed by atoms with Gasteiger partial charge in [-0.15, -0.1) is 0 Å². The van der Waals surface area contributed by atoms with Gasteiger partial charge in [-0.25, -0.2) is 0 Å². The zero-order valence-corrected chi connectivity index (χ0v) is 12.2. The Kier molecular flexibility index (Phi) is 3.52. The minimum atomic E-state index is -0.640. The number of methoxy groups -OCH3 is 1. The Bertz CT molecular complexity index is 493. The van der Waals surface area contributed by atoms with Gasteiger partial charge in [-0.05, 0) is 31.6 Å². The lowest BCUT2D eigenvalue weighted by Gasteiger charge is -2.26. The molecule has 0 aromatic carbocycles. The molecular formula is C15H22N2O3. The Balaban J connectivity index is 1.75. The van der Waals surface area contributed by atoms with E-state index in [1.165, 1.54) is 26.4 Å². The Morgan fingerprint density at radius 2 is 2.25 bits per heavy atom. The van der Waals surface area contributed by atoms with E-state index in [2.05, 4.69) is 17.1 Å². The maximum Gasteiger partial charge on any atom is 0.321 e. The van der Waals surface area contributed by atoms with Gasteiger partial charge in [-0.2, -0.15) is 4.98 Å². The number of rotatable bonds is 4. The van der Waals surface area contributed by atoms with E-state index in [1.807, 2.05) is 0 Å². The van der Waals surface area contributed by atoms with Gasteiger partial charge in [0.15, 0.2) is 5.82 Å². The summed E-state index contributed by atoms with van der Waals surface area (Å²) >= 11 is 0. The van der Waals surface area contributed by atoms with Crippen LogP contribution < -0.4 is 0 Å². The molecule has 0 aliphatic heterocycles. The molecule has 1 aromatic heterocycles. The summed E-state index contributed by atoms with van der Waals surface area (Å²) in [4.78, 5) is 16.4. The van der Waals surface area contributed by atoms with E-state index in [0.717, 1.165) is 37.4 Å². The van der Waals surface area contributed by atoms with E-state index >= 15 is 0 Å². The Labute approximate surface area is 119 Å². The molecule has 1 aromatic rings. The predicted octanol–water partition coefficient (Wildman–Crippen LogP) is 2.96. The third-order valence-electron chi connectivity index (χ3n) is 4.90. The number of hydrogen-bond acceptors (Lipinski definition) is 5. The molecule has 2 aliphatic rings. The molecule has 2 fully saturated rings. The zero-order valence-electron chi connectivity index (χ0n) is 12.2. The van der Waals surface area contributed by atoms with Crippen molar-refractivity contribution in [3.05, 3.63) is 11.7 Å². The number of carbonyl (C=O) groups is 1. The molecule has 0 bridgehead atoms. The number of nitrogens with zero attached hydrogens (tertiary/aromatic N) is 2. The highest BCUT2D eigenvalue weighted by Gasteiger charge is 2.57. The second-order valence-electron chi connectivity index (χ2n) is 6.17. The van der Waals surface area contributed by atoms with E-state index in [0.29, 0.717) is 11.8 Å². The largest absolute Gasteiger partial charge is 0.468 e. The van der Waals surface area contributed by atoms with Crippen LogP contribution in [-0.4, -0.2) is 23.2 Å². The van der Waals surface area contributed by atoms with Gasteiger partial charge < -0.3 is 9.26 Å². The Morgan fingerprint density at radius 1 is 1.45 bits per heavy atom. The number of hydrogen-bond donors (Lipinski definition) is 0. The zero-order chi connectivity index (χ0) is 14.2. The summed E-state index contributed by atoms with van der Waals surface area (Å²) in [7, 11) is 1.41. The van der Waals surface area contributed by atoms with Crippen molar-refractivity contribution in [3.63, 3.8) is 0 Å². The van der Waals surface area contributed by atoms with Crippen LogP contribution in [0.25, 0.3) is 0 Å². The van der Waals surface area contributed by atoms with Crippen molar-refractivity contribution in [2.75, 3.05) is 7.11 Å². The standard InChI is InChI=1S/C15H22N2O3/c1-3-10-5-4-6-11(9-10)12-16-13(20-17-12)15(7-8-15)14(18)19-2/h10-11H,3-9H2,1-2H3. The van der Waals surface area contributed by atoms with Crippen molar-refractivity contribution in [1.29, 1.82) is 0 Å². The van der Waals surface area contributed by atoms with E-state index in [1.54, 1.807) is 0 Å². The summed E-state index contributed by atoms with van der Waals surface area (Å²) in [6.45, 7) is 2.24. The van der Waals surface area contributed by atoms with Crippen LogP contribution in [0.1, 0.15) is 69.5 Å². The van der Waals surface area contributed by atoms with Gasteiger partial charge in [0.05, 0.1) is 7.11 Å². The molecule has 5 heteroatoms. The Hall–Kier alpha value is -1.39. The first-order valence-electron chi connectivity index (χ1n) is 7.62. The van der Waals surface area contributed by atoms with Crippen molar-refractivity contribution in [1.82, 2.24) is 10.1 Å². The molecule has 0 amide bonds. The van der Waals surface area contributed by atoms with Crippen LogP contribution in [0.2, 0.25) is 0 Å². The first-order valence-corrected chi connectivity index (χ1v) is 7.62. The first kappa shape index (κ1) is 13.6. The van der Waals surface area contributed by atoms with E-state index in [-0.39, 0.29) is 5.97 Å². The molecule has 0 saturated heterocycles. The molecule has 5 nitrogen and oxygen atoms in total. The average molecular weight is 278 g/mol. The maximum atomic E-state index is 11.8. The summed E-state index contributed by atoms with van der Waals surface area (Å²) < 4.78 is 10.2. The molecule has 1 heterocycles. The van der Waals surface area contributed by atoms with Crippen molar-refractivity contribution in [2.24, 2.45) is 5.92 Å². The number of aromatic nitrogens is 2. The average Bonchev–Trinajstić information content (AvgIpc) is 3.16. The van der Waals surface area contributed by atoms with Gasteiger partial charge in [0.25, 0.3) is 0 Å². The Morgan fingerprint density at radius 3 is 2.90 bits per heavy atom. The fourth-order valence-corrected chi connectivity index (χ4v) is 3.32. The van der Waals surface area contributed by atoms with Gasteiger partial charge >= 0.3 is 5.97 Å². The minimum absolute atomic E-state index is 0.247. The summed E-state index contributed by atoms with van der Waals surface area (Å²) in [5.41, 5.74) is -0.640. The van der Waals surface area contributed by atoms with Crippen molar-refractivity contribution >= 4 is 5.97 Å². The lowest BCUT2D eigenvalue weighted by molar-refractivity contribution is -0.144. The molecule has 3 rings (SSSR count). The quantitative estimate of drug-likeness (QED) is 0.792. The molecule has 20 heavy (non-hydrogen) atoms. The summed E-state index contributed by atoms with van der Waals surface area (Å²) in [6, 6.07) is 0. The molecular weight excluding hydrogens is 256 g/mol. The lowest BCUT2D eigenvalue weighted by Crippen LogP contribution is -2.22. The van der Waals surface area contributed by atoms with Gasteiger partial charge in [-0.3, -0.25) is 4.79 Å². The summed E-state index contributed by atoms with van der Waals surface area (Å²) in [6.07, 6.45) is 7.53. The number of esters is 1. The van der Waals surface area contributed by atoms with E-state index < -0.39 is 5.41 Å². The smallest absolute Gasteiger partial charge is 0.321 e. The SMILES string of the molecule is CCC1CCCC(c2noc(C3(C(=O)OC)CC3)n2)C1. The van der Waals surface area contributed by atoms with Crippen molar-refractivity contribution < 1.29 is 14.1 Å². The first-order chi connectivity index (χ1) is 9.69. The molecule has 0 N–H and O–H groups in total. The van der Waals surface area contributed by atoms with Gasteiger partial charge in [0, 0.05) is 5.92 Å². The number of ether oxygens (including phenoxy) is 1. The van der Waals surface area contributed by atoms with Gasteiger partial charge in [0.2, 0.25) is 5.89 Å². The number of carbonyl (C=O) groups excluding carboxylic acids is 1. The third-order valence-corrected chi connectivity index (χ3v) is 4.90. The maximum absolute atomic E-state index is 11.8. The summed E-state index contributed by atoms with van der Waals surface area (Å²) in [5, 5.41) is 4.14. The van der Waals surface area contributed by atoms with E-state index in [9.17, 15) is 4.79 Å². The van der Waals surface area contributed by atoms with Gasteiger partial charge in [-0.1, -0.05) is 31.3 Å². The third kappa shape index (κ3) is 2.23. The topological polar surface area (TPSA) is 65.2 Å². The second-order valence-corrected chi connectivity index (χ2v) is 6.17. The van der Waals surface area contributed by atoms with E-state index in [4.69, 9.17) is 9.26 Å². The van der Waals surface area contributed by atoms with Crippen molar-refractivity contribution in [2.45, 2.75) is 63.2 Å². The lowest BCUT2D eigenvalue weighted by atomic mass is 9.80. The molecule has 0 spiro atoms. The van der Waals surface area contributed by atoms with Crippen LogP contribution in [0.3, 0.4) is 0 Å². The monoisotopic (exact) mass is 278 g/mol. The van der Waals surface area contributed by atoms with Crippen LogP contribution in [0.4, 0.5) is 0 Å². The van der Waals surface area contributed by atoms with Gasteiger partial charge in [0.1, 0.15) is 5.41 Å². The highest BCUT2D eigenvalue weighted by molar-refractivity contribution is 5.85. The minimum Gasteiger partial charge on any atom is -0.468 e. The fourth-order valence-electron chi connectivity index (χ4n) is 3.32. The molecule has 2 saturated carbocycles. The molecule has 2 aliphatic carbocycles. The van der Waals surface area contributed by atoms with Crippen LogP contribution in [0.15, 0.2) is 4.52 Å². The van der Waals surface area contributed by atoms with Crippen LogP contribution in [0, 0.1) is 5.92 Å². The molecule has 2 atom stereocenters.